The summed E-state index contributed by atoms with van der Waals surface area (Å²) in [6, 6.07) is 17.7. The molecule has 0 unspecified atom stereocenters. The highest BCUT2D eigenvalue weighted by atomic mass is 35.5. The van der Waals surface area contributed by atoms with E-state index in [2.05, 4.69) is 15.4 Å². The fraction of sp³-hybridized carbons (Fsp3) is 0.0455. The van der Waals surface area contributed by atoms with E-state index in [1.807, 2.05) is 0 Å². The Kier molecular flexibility index (Phi) is 5.88. The zero-order valence-corrected chi connectivity index (χ0v) is 17.7. The molecule has 0 spiro atoms. The minimum absolute atomic E-state index is 0.185. The summed E-state index contributed by atoms with van der Waals surface area (Å²) in [7, 11) is 1.48. The molecule has 1 aromatic heterocycles. The number of nitrogens with one attached hydrogen (secondary N) is 1. The molecule has 0 aliphatic rings. The van der Waals surface area contributed by atoms with Crippen LogP contribution >= 0.6 is 23.2 Å². The lowest BCUT2D eigenvalue weighted by atomic mass is 10.2. The summed E-state index contributed by atoms with van der Waals surface area (Å²) < 4.78 is 20.1. The zero-order chi connectivity index (χ0) is 22.0. The van der Waals surface area contributed by atoms with Crippen molar-refractivity contribution >= 4 is 34.8 Å². The number of rotatable bonds is 5. The highest BCUT2D eigenvalue weighted by molar-refractivity contribution is 6.42. The van der Waals surface area contributed by atoms with Gasteiger partial charge in [0, 0.05) is 16.8 Å². The predicted octanol–water partition coefficient (Wildman–Crippen LogP) is 5.64. The summed E-state index contributed by atoms with van der Waals surface area (Å²) in [6.07, 6.45) is 0. The second-order valence-corrected chi connectivity index (χ2v) is 7.29. The third-order valence-electron chi connectivity index (χ3n) is 4.40. The topological polar surface area (TPSA) is 69.0 Å². The second-order valence-electron chi connectivity index (χ2n) is 6.47. The quantitative estimate of drug-likeness (QED) is 0.421. The number of ether oxygens (including phenoxy) is 1. The van der Waals surface area contributed by atoms with Gasteiger partial charge < -0.3 is 10.1 Å². The highest BCUT2D eigenvalue weighted by Crippen LogP contribution is 2.30. The summed E-state index contributed by atoms with van der Waals surface area (Å²) in [5.74, 6) is -0.379. The number of carbonyl (C=O) groups is 1. The average molecular weight is 457 g/mol. The van der Waals surface area contributed by atoms with E-state index in [0.717, 1.165) is 0 Å². The number of benzene rings is 3. The number of amides is 1. The lowest BCUT2D eigenvalue weighted by Crippen LogP contribution is -2.12. The number of carbonyl (C=O) groups excluding carboxylic acids is 1. The first-order chi connectivity index (χ1) is 14.9. The van der Waals surface area contributed by atoms with Crippen molar-refractivity contribution in [2.24, 2.45) is 0 Å². The van der Waals surface area contributed by atoms with Crippen LogP contribution in [0.1, 0.15) is 10.4 Å². The van der Waals surface area contributed by atoms with E-state index in [4.69, 9.17) is 27.9 Å². The fourth-order valence-corrected chi connectivity index (χ4v) is 3.20. The minimum atomic E-state index is -0.474. The van der Waals surface area contributed by atoms with Gasteiger partial charge in [-0.2, -0.15) is 4.98 Å². The van der Waals surface area contributed by atoms with Crippen LogP contribution in [0.25, 0.3) is 17.1 Å². The third kappa shape index (κ3) is 4.52. The first kappa shape index (κ1) is 20.8. The molecule has 3 aromatic carbocycles. The van der Waals surface area contributed by atoms with Crippen molar-refractivity contribution in [3.05, 3.63) is 88.2 Å². The molecule has 0 aliphatic carbocycles. The van der Waals surface area contributed by atoms with E-state index in [-0.39, 0.29) is 11.6 Å². The molecular weight excluding hydrogens is 442 g/mol. The molecule has 156 valence electrons. The Hall–Kier alpha value is -3.42. The number of halogens is 3. The van der Waals surface area contributed by atoms with Crippen molar-refractivity contribution in [3.63, 3.8) is 0 Å². The van der Waals surface area contributed by atoms with Crippen LogP contribution in [-0.2, 0) is 0 Å². The molecule has 0 aliphatic heterocycles. The summed E-state index contributed by atoms with van der Waals surface area (Å²) in [6.45, 7) is 0. The van der Waals surface area contributed by atoms with Gasteiger partial charge in [-0.1, -0.05) is 29.3 Å². The molecule has 0 atom stereocenters. The number of nitrogens with zero attached hydrogens (tertiary/aromatic N) is 3. The smallest absolute Gasteiger partial charge is 0.336 e. The molecule has 31 heavy (non-hydrogen) atoms. The van der Waals surface area contributed by atoms with E-state index >= 15 is 0 Å². The summed E-state index contributed by atoms with van der Waals surface area (Å²) in [5.41, 5.74) is 2.16. The fourth-order valence-electron chi connectivity index (χ4n) is 2.90. The highest BCUT2D eigenvalue weighted by Gasteiger charge is 2.16. The van der Waals surface area contributed by atoms with Gasteiger partial charge in [0.05, 0.1) is 22.8 Å². The maximum Gasteiger partial charge on any atom is 0.336 e. The predicted molar refractivity (Wildman–Crippen MR) is 118 cm³/mol. The first-order valence-corrected chi connectivity index (χ1v) is 9.84. The van der Waals surface area contributed by atoms with Crippen molar-refractivity contribution < 1.29 is 13.9 Å². The molecular formula is C22H15Cl2FN4O2. The average Bonchev–Trinajstić information content (AvgIpc) is 3.21. The van der Waals surface area contributed by atoms with Gasteiger partial charge >= 0.3 is 6.01 Å². The Bertz CT molecular complexity index is 1260. The molecule has 4 rings (SSSR count). The van der Waals surface area contributed by atoms with Crippen molar-refractivity contribution in [2.75, 3.05) is 12.4 Å². The van der Waals surface area contributed by atoms with Crippen LogP contribution < -0.4 is 10.1 Å². The molecule has 0 fully saturated rings. The Balaban J connectivity index is 1.62. The van der Waals surface area contributed by atoms with E-state index in [0.29, 0.717) is 32.8 Å². The van der Waals surface area contributed by atoms with Gasteiger partial charge in [0.15, 0.2) is 5.82 Å². The molecule has 9 heteroatoms. The third-order valence-corrected chi connectivity index (χ3v) is 5.14. The van der Waals surface area contributed by atoms with Crippen LogP contribution in [0.2, 0.25) is 10.0 Å². The molecule has 4 aromatic rings. The van der Waals surface area contributed by atoms with Gasteiger partial charge in [-0.15, -0.1) is 5.10 Å². The van der Waals surface area contributed by atoms with Gasteiger partial charge in [0.1, 0.15) is 5.82 Å². The largest absolute Gasteiger partial charge is 0.466 e. The number of aromatic nitrogens is 3. The summed E-state index contributed by atoms with van der Waals surface area (Å²) in [4.78, 5) is 16.7. The maximum absolute atomic E-state index is 13.3. The summed E-state index contributed by atoms with van der Waals surface area (Å²) >= 11 is 12.2. The second kappa shape index (κ2) is 8.75. The Labute approximate surface area is 187 Å². The van der Waals surface area contributed by atoms with Gasteiger partial charge in [-0.05, 0) is 60.7 Å². The lowest BCUT2D eigenvalue weighted by molar-refractivity contribution is 0.102. The van der Waals surface area contributed by atoms with Crippen molar-refractivity contribution in [2.45, 2.75) is 0 Å². The number of anilines is 1. The van der Waals surface area contributed by atoms with E-state index in [1.165, 1.54) is 31.4 Å². The van der Waals surface area contributed by atoms with Gasteiger partial charge in [-0.3, -0.25) is 4.79 Å². The minimum Gasteiger partial charge on any atom is -0.466 e. The van der Waals surface area contributed by atoms with Crippen LogP contribution in [0.4, 0.5) is 10.1 Å². The van der Waals surface area contributed by atoms with Gasteiger partial charge in [0.25, 0.3) is 5.91 Å². The van der Waals surface area contributed by atoms with E-state index in [9.17, 15) is 9.18 Å². The Morgan fingerprint density at radius 2 is 1.81 bits per heavy atom. The SMILES string of the molecule is COc1nc(-c2ccc(Cl)c(Cl)c2)n(-c2ccc(NC(=O)c3cccc(F)c3)cc2)n1. The Morgan fingerprint density at radius 1 is 1.03 bits per heavy atom. The molecule has 0 saturated heterocycles. The van der Waals surface area contributed by atoms with Crippen LogP contribution in [0.3, 0.4) is 0 Å². The van der Waals surface area contributed by atoms with Crippen molar-refractivity contribution in [3.8, 4) is 23.1 Å². The normalized spacial score (nSPS) is 10.7. The number of methoxy groups -OCH3 is 1. The van der Waals surface area contributed by atoms with Crippen LogP contribution in [-0.4, -0.2) is 27.8 Å². The molecule has 0 radical (unpaired) electrons. The van der Waals surface area contributed by atoms with Crippen molar-refractivity contribution in [1.29, 1.82) is 0 Å². The van der Waals surface area contributed by atoms with Crippen LogP contribution in [0, 0.1) is 5.82 Å². The zero-order valence-electron chi connectivity index (χ0n) is 16.1. The Morgan fingerprint density at radius 3 is 2.48 bits per heavy atom. The molecule has 6 nitrogen and oxygen atoms in total. The van der Waals surface area contributed by atoms with Crippen LogP contribution in [0.15, 0.2) is 66.7 Å². The van der Waals surface area contributed by atoms with Crippen LogP contribution in [0.5, 0.6) is 6.01 Å². The molecule has 1 amide bonds. The molecule has 1 N–H and O–H groups in total. The number of hydrogen-bond acceptors (Lipinski definition) is 4. The molecule has 0 bridgehead atoms. The monoisotopic (exact) mass is 456 g/mol. The van der Waals surface area contributed by atoms with E-state index < -0.39 is 11.7 Å². The standard InChI is InChI=1S/C22H15Cl2FN4O2/c1-31-22-27-20(13-5-10-18(23)19(24)12-13)29(28-22)17-8-6-16(7-9-17)26-21(30)14-3-2-4-15(25)11-14/h2-12H,1H3,(H,26,30). The van der Waals surface area contributed by atoms with E-state index in [1.54, 1.807) is 47.1 Å². The number of hydrogen-bond donors (Lipinski definition) is 1. The molecule has 0 saturated carbocycles. The van der Waals surface area contributed by atoms with Gasteiger partial charge in [0.2, 0.25) is 0 Å². The molecule has 1 heterocycles. The summed E-state index contributed by atoms with van der Waals surface area (Å²) in [5, 5.41) is 7.91. The van der Waals surface area contributed by atoms with Crippen molar-refractivity contribution in [1.82, 2.24) is 14.8 Å². The van der Waals surface area contributed by atoms with Gasteiger partial charge in [-0.25, -0.2) is 9.07 Å². The maximum atomic E-state index is 13.3. The first-order valence-electron chi connectivity index (χ1n) is 9.08. The lowest BCUT2D eigenvalue weighted by Gasteiger charge is -2.09.